The lowest BCUT2D eigenvalue weighted by Crippen LogP contribution is -2.55. The van der Waals surface area contributed by atoms with Crippen LogP contribution in [0.1, 0.15) is 31.7 Å². The Hall–Kier alpha value is -2.30. The number of rotatable bonds is 3. The fourth-order valence-electron chi connectivity index (χ4n) is 3.97. The van der Waals surface area contributed by atoms with Crippen molar-refractivity contribution in [1.82, 2.24) is 14.7 Å². The summed E-state index contributed by atoms with van der Waals surface area (Å²) in [4.78, 5) is 14.7. The van der Waals surface area contributed by atoms with Crippen molar-refractivity contribution in [3.05, 3.63) is 48.3 Å². The standard InChI is InChI=1S/C18H22N4O/c1-18-8-6-15(18)7-11-22(18)17(23)20-16-5-2-4-14(12-16)13-21-10-3-9-19-21/h2-5,9-10,12,15H,6-8,11,13H2,1H3,(H,20,23)/t15-,18-/m0/s1. The summed E-state index contributed by atoms with van der Waals surface area (Å²) in [5.41, 5.74) is 2.06. The molecule has 1 N–H and O–H groups in total. The molecule has 120 valence electrons. The monoisotopic (exact) mass is 310 g/mol. The number of anilines is 1. The second-order valence-electron chi connectivity index (χ2n) is 6.87. The summed E-state index contributed by atoms with van der Waals surface area (Å²) < 4.78 is 1.88. The minimum atomic E-state index is 0.0333. The van der Waals surface area contributed by atoms with Crippen LogP contribution in [0.5, 0.6) is 0 Å². The van der Waals surface area contributed by atoms with Crippen LogP contribution < -0.4 is 5.32 Å². The van der Waals surface area contributed by atoms with Crippen LogP contribution in [0.15, 0.2) is 42.7 Å². The van der Waals surface area contributed by atoms with Gasteiger partial charge in [-0.25, -0.2) is 4.79 Å². The highest BCUT2D eigenvalue weighted by atomic mass is 16.2. The molecule has 2 aromatic rings. The third kappa shape index (κ3) is 2.50. The number of carbonyl (C=O) groups excluding carboxylic acids is 1. The van der Waals surface area contributed by atoms with E-state index < -0.39 is 0 Å². The average Bonchev–Trinajstić information content (AvgIpc) is 3.10. The van der Waals surface area contributed by atoms with Crippen LogP contribution in [-0.2, 0) is 6.54 Å². The lowest BCUT2D eigenvalue weighted by atomic mass is 9.69. The second kappa shape index (κ2) is 5.41. The van der Waals surface area contributed by atoms with E-state index in [1.807, 2.05) is 40.0 Å². The van der Waals surface area contributed by atoms with Crippen molar-refractivity contribution in [2.24, 2.45) is 5.92 Å². The van der Waals surface area contributed by atoms with Gasteiger partial charge in [0.2, 0.25) is 0 Å². The zero-order valence-corrected chi connectivity index (χ0v) is 13.4. The van der Waals surface area contributed by atoms with E-state index in [1.165, 1.54) is 6.42 Å². The van der Waals surface area contributed by atoms with Gasteiger partial charge in [0.1, 0.15) is 0 Å². The van der Waals surface area contributed by atoms with Crippen LogP contribution in [0.3, 0.4) is 0 Å². The molecular weight excluding hydrogens is 288 g/mol. The average molecular weight is 310 g/mol. The van der Waals surface area contributed by atoms with Gasteiger partial charge in [-0.15, -0.1) is 0 Å². The number of benzene rings is 1. The molecule has 23 heavy (non-hydrogen) atoms. The molecule has 5 nitrogen and oxygen atoms in total. The number of fused-ring (bicyclic) bond motifs is 1. The van der Waals surface area contributed by atoms with E-state index in [2.05, 4.69) is 23.4 Å². The fraction of sp³-hybridized carbons (Fsp3) is 0.444. The zero-order valence-electron chi connectivity index (χ0n) is 13.4. The topological polar surface area (TPSA) is 50.2 Å². The van der Waals surface area contributed by atoms with Gasteiger partial charge in [-0.2, -0.15) is 5.10 Å². The van der Waals surface area contributed by atoms with Gasteiger partial charge in [0.05, 0.1) is 6.54 Å². The maximum Gasteiger partial charge on any atom is 0.322 e. The normalized spacial score (nSPS) is 25.8. The number of likely N-dealkylation sites (tertiary alicyclic amines) is 1. The van der Waals surface area contributed by atoms with E-state index in [4.69, 9.17) is 0 Å². The summed E-state index contributed by atoms with van der Waals surface area (Å²) in [6.45, 7) is 3.81. The summed E-state index contributed by atoms with van der Waals surface area (Å²) in [5, 5.41) is 7.29. The molecule has 1 aliphatic carbocycles. The first kappa shape index (κ1) is 14.3. The molecule has 2 fully saturated rings. The first-order chi connectivity index (χ1) is 11.1. The lowest BCUT2D eigenvalue weighted by Gasteiger charge is -2.47. The van der Waals surface area contributed by atoms with E-state index in [0.717, 1.165) is 30.6 Å². The van der Waals surface area contributed by atoms with Crippen molar-refractivity contribution >= 4 is 11.7 Å². The number of amides is 2. The Morgan fingerprint density at radius 1 is 1.39 bits per heavy atom. The molecular formula is C18H22N4O. The van der Waals surface area contributed by atoms with Gasteiger partial charge in [0, 0.05) is 30.2 Å². The number of carbonyl (C=O) groups is 1. The maximum absolute atomic E-state index is 12.6. The predicted molar refractivity (Wildman–Crippen MR) is 89.2 cm³/mol. The summed E-state index contributed by atoms with van der Waals surface area (Å²) >= 11 is 0. The third-order valence-electron chi connectivity index (χ3n) is 5.52. The van der Waals surface area contributed by atoms with Crippen LogP contribution in [-0.4, -0.2) is 32.8 Å². The molecule has 1 aromatic carbocycles. The van der Waals surface area contributed by atoms with E-state index in [0.29, 0.717) is 12.5 Å². The van der Waals surface area contributed by atoms with Crippen molar-refractivity contribution < 1.29 is 4.79 Å². The van der Waals surface area contributed by atoms with Gasteiger partial charge in [0.15, 0.2) is 0 Å². The smallest absolute Gasteiger partial charge is 0.319 e. The number of urea groups is 1. The van der Waals surface area contributed by atoms with Gasteiger partial charge in [0.25, 0.3) is 0 Å². The van der Waals surface area contributed by atoms with Gasteiger partial charge in [-0.05, 0) is 55.9 Å². The molecule has 0 spiro atoms. The van der Waals surface area contributed by atoms with Gasteiger partial charge in [-0.3, -0.25) is 4.68 Å². The highest BCUT2D eigenvalue weighted by Crippen LogP contribution is 2.49. The van der Waals surface area contributed by atoms with Gasteiger partial charge < -0.3 is 10.2 Å². The summed E-state index contributed by atoms with van der Waals surface area (Å²) in [7, 11) is 0. The molecule has 5 heteroatoms. The molecule has 1 aliphatic heterocycles. The van der Waals surface area contributed by atoms with Crippen molar-refractivity contribution in [3.8, 4) is 0 Å². The van der Waals surface area contributed by atoms with Crippen LogP contribution in [0, 0.1) is 5.92 Å². The SMILES string of the molecule is C[C@]12CC[C@H]1CCN2C(=O)Nc1cccc(Cn2cccn2)c1. The molecule has 0 unspecified atom stereocenters. The van der Waals surface area contributed by atoms with Gasteiger partial charge >= 0.3 is 6.03 Å². The molecule has 2 aliphatic rings. The van der Waals surface area contributed by atoms with E-state index in [9.17, 15) is 4.79 Å². The Morgan fingerprint density at radius 3 is 3.00 bits per heavy atom. The largest absolute Gasteiger partial charge is 0.322 e. The molecule has 2 heterocycles. The Bertz CT molecular complexity index is 712. The third-order valence-corrected chi connectivity index (χ3v) is 5.52. The first-order valence-corrected chi connectivity index (χ1v) is 8.30. The number of hydrogen-bond donors (Lipinski definition) is 1. The van der Waals surface area contributed by atoms with Crippen LogP contribution in [0.4, 0.5) is 10.5 Å². The number of nitrogens with one attached hydrogen (secondary N) is 1. The maximum atomic E-state index is 12.6. The Labute approximate surface area is 136 Å². The number of nitrogens with zero attached hydrogens (tertiary/aromatic N) is 3. The predicted octanol–water partition coefficient (Wildman–Crippen LogP) is 3.34. The fourth-order valence-corrected chi connectivity index (χ4v) is 3.97. The Balaban J connectivity index is 1.45. The Kier molecular flexibility index (Phi) is 3.36. The summed E-state index contributed by atoms with van der Waals surface area (Å²) in [6, 6.07) is 9.94. The molecule has 1 aromatic heterocycles. The highest BCUT2D eigenvalue weighted by molar-refractivity contribution is 5.90. The van der Waals surface area contributed by atoms with Crippen LogP contribution in [0.25, 0.3) is 0 Å². The molecule has 1 saturated carbocycles. The van der Waals surface area contributed by atoms with E-state index >= 15 is 0 Å². The van der Waals surface area contributed by atoms with Crippen molar-refractivity contribution in [2.75, 3.05) is 11.9 Å². The number of hydrogen-bond acceptors (Lipinski definition) is 2. The van der Waals surface area contributed by atoms with E-state index in [1.54, 1.807) is 6.20 Å². The molecule has 0 bridgehead atoms. The minimum Gasteiger partial charge on any atom is -0.319 e. The molecule has 0 radical (unpaired) electrons. The molecule has 1 saturated heterocycles. The van der Waals surface area contributed by atoms with Crippen molar-refractivity contribution in [1.29, 1.82) is 0 Å². The lowest BCUT2D eigenvalue weighted by molar-refractivity contribution is 0.0656. The summed E-state index contributed by atoms with van der Waals surface area (Å²) in [6.07, 6.45) is 7.25. The molecule has 2 amide bonds. The molecule has 4 rings (SSSR count). The van der Waals surface area contributed by atoms with Crippen LogP contribution in [0.2, 0.25) is 0 Å². The zero-order chi connectivity index (χ0) is 15.9. The van der Waals surface area contributed by atoms with Crippen LogP contribution >= 0.6 is 0 Å². The first-order valence-electron chi connectivity index (χ1n) is 8.30. The number of aromatic nitrogens is 2. The quantitative estimate of drug-likeness (QED) is 0.945. The summed E-state index contributed by atoms with van der Waals surface area (Å²) in [5.74, 6) is 0.694. The van der Waals surface area contributed by atoms with E-state index in [-0.39, 0.29) is 11.6 Å². The van der Waals surface area contributed by atoms with Crippen molar-refractivity contribution in [2.45, 2.75) is 38.3 Å². The van der Waals surface area contributed by atoms with Gasteiger partial charge in [-0.1, -0.05) is 12.1 Å². The second-order valence-corrected chi connectivity index (χ2v) is 6.87. The minimum absolute atomic E-state index is 0.0333. The molecule has 2 atom stereocenters. The highest BCUT2D eigenvalue weighted by Gasteiger charge is 2.53. The van der Waals surface area contributed by atoms with Crippen molar-refractivity contribution in [3.63, 3.8) is 0 Å². The Morgan fingerprint density at radius 2 is 2.30 bits per heavy atom.